The Hall–Kier alpha value is -2.97. The fraction of sp³-hybridized carbons (Fsp3) is 0.348. The molecule has 2 heterocycles. The minimum absolute atomic E-state index is 0.0189. The van der Waals surface area contributed by atoms with E-state index in [2.05, 4.69) is 27.6 Å². The molecule has 0 bridgehead atoms. The highest BCUT2D eigenvalue weighted by Crippen LogP contribution is 2.30. The molecule has 2 amide bonds. The van der Waals surface area contributed by atoms with E-state index in [0.717, 1.165) is 36.0 Å². The summed E-state index contributed by atoms with van der Waals surface area (Å²) < 4.78 is 5.77. The summed E-state index contributed by atoms with van der Waals surface area (Å²) >= 11 is 1.51. The number of aromatic nitrogens is 1. The second-order valence-corrected chi connectivity index (χ2v) is 9.12. The van der Waals surface area contributed by atoms with E-state index in [1.807, 2.05) is 38.1 Å². The van der Waals surface area contributed by atoms with E-state index in [4.69, 9.17) is 4.74 Å². The minimum atomic E-state index is -0.301. The van der Waals surface area contributed by atoms with Crippen LogP contribution in [0.2, 0.25) is 0 Å². The first kappa shape index (κ1) is 21.3. The van der Waals surface area contributed by atoms with Gasteiger partial charge in [-0.2, -0.15) is 0 Å². The fourth-order valence-electron chi connectivity index (χ4n) is 3.56. The molecule has 0 spiro atoms. The van der Waals surface area contributed by atoms with Gasteiger partial charge in [0.05, 0.1) is 11.3 Å². The van der Waals surface area contributed by atoms with Gasteiger partial charge in [0.25, 0.3) is 11.8 Å². The van der Waals surface area contributed by atoms with Gasteiger partial charge in [-0.05, 0) is 43.8 Å². The van der Waals surface area contributed by atoms with E-state index in [1.165, 1.54) is 16.2 Å². The predicted molar refractivity (Wildman–Crippen MR) is 123 cm³/mol. The molecule has 1 aliphatic heterocycles. The average molecular weight is 439 g/mol. The number of nitrogens with one attached hydrogen (secondary N) is 2. The maximum atomic E-state index is 13.1. The van der Waals surface area contributed by atoms with Crippen LogP contribution >= 0.6 is 11.3 Å². The topological polar surface area (TPSA) is 83.6 Å². The van der Waals surface area contributed by atoms with E-state index < -0.39 is 0 Å². The van der Waals surface area contributed by atoms with Gasteiger partial charge in [-0.15, -0.1) is 11.3 Å². The van der Waals surface area contributed by atoms with Crippen molar-refractivity contribution < 1.29 is 14.3 Å². The highest BCUT2D eigenvalue weighted by atomic mass is 32.1. The second-order valence-electron chi connectivity index (χ2n) is 8.04. The van der Waals surface area contributed by atoms with E-state index in [0.29, 0.717) is 16.4 Å². The zero-order chi connectivity index (χ0) is 22.0. The molecule has 31 heavy (non-hydrogen) atoms. The Balaban J connectivity index is 1.58. The summed E-state index contributed by atoms with van der Waals surface area (Å²) in [6.07, 6.45) is 0.882. The monoisotopic (exact) mass is 438 g/mol. The van der Waals surface area contributed by atoms with E-state index >= 15 is 0 Å². The van der Waals surface area contributed by atoms with Gasteiger partial charge in [-0.3, -0.25) is 14.9 Å². The van der Waals surface area contributed by atoms with Crippen LogP contribution in [0.5, 0.6) is 5.75 Å². The van der Waals surface area contributed by atoms with Crippen LogP contribution in [0, 0.1) is 0 Å². The molecular formula is C23H26N4O3S. The van der Waals surface area contributed by atoms with Gasteiger partial charge in [0, 0.05) is 30.4 Å². The number of likely N-dealkylation sites (N-methyl/N-ethyl adjacent to an activating group) is 1. The number of ether oxygens (including phenoxy) is 1. The Bertz CT molecular complexity index is 1130. The summed E-state index contributed by atoms with van der Waals surface area (Å²) in [5.74, 6) is -0.160. The second kappa shape index (κ2) is 9.03. The standard InChI is InChI=1S/C23H26N4O3S/c1-14(2)24-21(28)13-30-19-11-16-7-5-4-6-15(16)10-17(19)22(29)26-23-25-18-8-9-27(3)12-20(18)31-23/h4-7,10-11,14H,8-9,12-13H2,1-3H3,(H,24,28)(H,25,26,29). The van der Waals surface area contributed by atoms with Crippen LogP contribution in [0.15, 0.2) is 36.4 Å². The van der Waals surface area contributed by atoms with Crippen molar-refractivity contribution in [2.75, 3.05) is 25.5 Å². The lowest BCUT2D eigenvalue weighted by Gasteiger charge is -2.20. The molecule has 0 atom stereocenters. The predicted octanol–water partition coefficient (Wildman–Crippen LogP) is 3.44. The quantitative estimate of drug-likeness (QED) is 0.616. The lowest BCUT2D eigenvalue weighted by molar-refractivity contribution is -0.123. The minimum Gasteiger partial charge on any atom is -0.483 e. The first-order valence-electron chi connectivity index (χ1n) is 10.3. The summed E-state index contributed by atoms with van der Waals surface area (Å²) in [6.45, 7) is 5.43. The van der Waals surface area contributed by atoms with Crippen LogP contribution in [0.25, 0.3) is 10.8 Å². The number of carbonyl (C=O) groups excluding carboxylic acids is 2. The summed E-state index contributed by atoms with van der Waals surface area (Å²) in [5.41, 5.74) is 1.43. The molecule has 2 N–H and O–H groups in total. The normalized spacial score (nSPS) is 13.8. The molecule has 0 aliphatic carbocycles. The van der Waals surface area contributed by atoms with Crippen LogP contribution in [0.1, 0.15) is 34.8 Å². The number of amides is 2. The Morgan fingerprint density at radius 2 is 1.97 bits per heavy atom. The van der Waals surface area contributed by atoms with E-state index in [1.54, 1.807) is 12.1 Å². The molecule has 0 saturated carbocycles. The average Bonchev–Trinajstić information content (AvgIpc) is 3.12. The molecule has 2 aromatic carbocycles. The zero-order valence-corrected chi connectivity index (χ0v) is 18.7. The molecule has 0 radical (unpaired) electrons. The molecule has 1 aliphatic rings. The zero-order valence-electron chi connectivity index (χ0n) is 17.9. The number of fused-ring (bicyclic) bond motifs is 2. The smallest absolute Gasteiger partial charge is 0.261 e. The number of nitrogens with zero attached hydrogens (tertiary/aromatic N) is 2. The van der Waals surface area contributed by atoms with Gasteiger partial charge in [0.1, 0.15) is 5.75 Å². The Labute approximate surface area is 185 Å². The van der Waals surface area contributed by atoms with Gasteiger partial charge in [-0.1, -0.05) is 24.3 Å². The van der Waals surface area contributed by atoms with Crippen molar-refractivity contribution >= 4 is 39.1 Å². The van der Waals surface area contributed by atoms with Crippen LogP contribution < -0.4 is 15.4 Å². The first-order chi connectivity index (χ1) is 14.9. The molecule has 8 heteroatoms. The van der Waals surface area contributed by atoms with Crippen molar-refractivity contribution in [3.63, 3.8) is 0 Å². The van der Waals surface area contributed by atoms with Gasteiger partial charge in [-0.25, -0.2) is 4.98 Å². The summed E-state index contributed by atoms with van der Waals surface area (Å²) in [4.78, 5) is 33.2. The highest BCUT2D eigenvalue weighted by molar-refractivity contribution is 7.15. The number of carbonyl (C=O) groups is 2. The maximum absolute atomic E-state index is 13.1. The lowest BCUT2D eigenvalue weighted by Crippen LogP contribution is -2.34. The third kappa shape index (κ3) is 5.03. The largest absolute Gasteiger partial charge is 0.483 e. The number of benzene rings is 2. The van der Waals surface area contributed by atoms with Gasteiger partial charge in [0.15, 0.2) is 11.7 Å². The number of rotatable bonds is 6. The van der Waals surface area contributed by atoms with Crippen molar-refractivity contribution in [2.24, 2.45) is 0 Å². The van der Waals surface area contributed by atoms with E-state index in [-0.39, 0.29) is 24.5 Å². The third-order valence-electron chi connectivity index (χ3n) is 5.04. The Morgan fingerprint density at radius 1 is 1.23 bits per heavy atom. The lowest BCUT2D eigenvalue weighted by atomic mass is 10.1. The molecule has 1 aromatic heterocycles. The molecule has 0 unspecified atom stereocenters. The number of hydrogen-bond acceptors (Lipinski definition) is 6. The fourth-order valence-corrected chi connectivity index (χ4v) is 4.65. The molecular weight excluding hydrogens is 412 g/mol. The molecule has 4 rings (SSSR count). The molecule has 7 nitrogen and oxygen atoms in total. The van der Waals surface area contributed by atoms with Gasteiger partial charge >= 0.3 is 0 Å². The first-order valence-corrected chi connectivity index (χ1v) is 11.1. The van der Waals surface area contributed by atoms with Crippen molar-refractivity contribution in [1.29, 1.82) is 0 Å². The van der Waals surface area contributed by atoms with Crippen LogP contribution in [0.3, 0.4) is 0 Å². The SMILES string of the molecule is CC(C)NC(=O)COc1cc2ccccc2cc1C(=O)Nc1nc2c(s1)CN(C)CC2. The number of anilines is 1. The highest BCUT2D eigenvalue weighted by Gasteiger charge is 2.21. The molecule has 0 saturated heterocycles. The summed E-state index contributed by atoms with van der Waals surface area (Å²) in [7, 11) is 2.08. The molecule has 0 fully saturated rings. The summed E-state index contributed by atoms with van der Waals surface area (Å²) in [6, 6.07) is 11.4. The van der Waals surface area contributed by atoms with Crippen LogP contribution in [-0.2, 0) is 17.8 Å². The Kier molecular flexibility index (Phi) is 6.20. The van der Waals surface area contributed by atoms with Crippen molar-refractivity contribution in [1.82, 2.24) is 15.2 Å². The van der Waals surface area contributed by atoms with Gasteiger partial charge in [0.2, 0.25) is 0 Å². The van der Waals surface area contributed by atoms with Crippen LogP contribution in [0.4, 0.5) is 5.13 Å². The maximum Gasteiger partial charge on any atom is 0.261 e. The van der Waals surface area contributed by atoms with E-state index in [9.17, 15) is 9.59 Å². The van der Waals surface area contributed by atoms with Crippen molar-refractivity contribution in [2.45, 2.75) is 32.9 Å². The molecule has 3 aromatic rings. The molecule has 162 valence electrons. The number of hydrogen-bond donors (Lipinski definition) is 2. The van der Waals surface area contributed by atoms with Gasteiger partial charge < -0.3 is 15.0 Å². The number of thiazole rings is 1. The Morgan fingerprint density at radius 3 is 2.71 bits per heavy atom. The summed E-state index contributed by atoms with van der Waals surface area (Å²) in [5, 5.41) is 8.16. The van der Waals surface area contributed by atoms with Crippen molar-refractivity contribution in [3.05, 3.63) is 52.5 Å². The van der Waals surface area contributed by atoms with Crippen molar-refractivity contribution in [3.8, 4) is 5.75 Å². The van der Waals surface area contributed by atoms with Crippen LogP contribution in [-0.4, -0.2) is 47.9 Å². The third-order valence-corrected chi connectivity index (χ3v) is 6.04.